The van der Waals surface area contributed by atoms with Crippen molar-refractivity contribution in [3.05, 3.63) is 0 Å². The Bertz CT molecular complexity index is 408. The van der Waals surface area contributed by atoms with Gasteiger partial charge < -0.3 is 20.1 Å². The number of fused-ring (bicyclic) bond motifs is 1. The van der Waals surface area contributed by atoms with Gasteiger partial charge in [-0.2, -0.15) is 11.8 Å². The summed E-state index contributed by atoms with van der Waals surface area (Å²) < 4.78 is 10.3. The van der Waals surface area contributed by atoms with Gasteiger partial charge in [0.2, 0.25) is 0 Å². The summed E-state index contributed by atoms with van der Waals surface area (Å²) in [5, 5.41) is 6.46. The van der Waals surface area contributed by atoms with Gasteiger partial charge in [0.25, 0.3) is 0 Å². The molecule has 138 valence electrons. The number of unbranched alkanes of at least 4 members (excludes halogenated alkanes) is 2. The predicted octanol–water partition coefficient (Wildman–Crippen LogP) is 2.11. The molecule has 2 aliphatic rings. The van der Waals surface area contributed by atoms with Crippen LogP contribution >= 0.6 is 11.8 Å². The normalized spacial score (nSPS) is 25.4. The second-order valence-electron chi connectivity index (χ2n) is 6.47. The van der Waals surface area contributed by atoms with Crippen molar-refractivity contribution in [2.24, 2.45) is 0 Å². The Kier molecular flexibility index (Phi) is 8.91. The quantitative estimate of drug-likeness (QED) is 0.389. The summed E-state index contributed by atoms with van der Waals surface area (Å²) in [5.41, 5.74) is 0. The van der Waals surface area contributed by atoms with Gasteiger partial charge in [0.15, 0.2) is 0 Å². The van der Waals surface area contributed by atoms with Crippen LogP contribution in [0.25, 0.3) is 0 Å². The fourth-order valence-electron chi connectivity index (χ4n) is 3.21. The summed E-state index contributed by atoms with van der Waals surface area (Å²) in [7, 11) is 1.66. The van der Waals surface area contributed by atoms with Crippen molar-refractivity contribution in [2.45, 2.75) is 62.3 Å². The molecule has 2 amide bonds. The first kappa shape index (κ1) is 19.5. The molecule has 2 fully saturated rings. The van der Waals surface area contributed by atoms with Crippen molar-refractivity contribution in [1.82, 2.24) is 10.6 Å². The summed E-state index contributed by atoms with van der Waals surface area (Å²) in [6.07, 6.45) is 6.28. The molecule has 0 radical (unpaired) electrons. The molecule has 2 saturated heterocycles. The van der Waals surface area contributed by atoms with Crippen LogP contribution in [-0.2, 0) is 14.3 Å². The molecule has 0 unspecified atom stereocenters. The summed E-state index contributed by atoms with van der Waals surface area (Å²) >= 11 is 1.94. The molecule has 0 spiro atoms. The number of Topliss-reactive ketones (excluding diaryl/α,β-unsaturated/α-hetero) is 1. The van der Waals surface area contributed by atoms with E-state index in [0.29, 0.717) is 49.7 Å². The smallest absolute Gasteiger partial charge is 0.315 e. The van der Waals surface area contributed by atoms with Crippen LogP contribution in [0.4, 0.5) is 4.79 Å². The van der Waals surface area contributed by atoms with Crippen LogP contribution in [0.5, 0.6) is 0 Å². The van der Waals surface area contributed by atoms with Crippen molar-refractivity contribution < 1.29 is 19.1 Å². The Morgan fingerprint density at radius 2 is 1.92 bits per heavy atom. The Balaban J connectivity index is 1.43. The molecule has 0 aliphatic carbocycles. The third kappa shape index (κ3) is 6.61. The van der Waals surface area contributed by atoms with Gasteiger partial charge in [0, 0.05) is 37.6 Å². The van der Waals surface area contributed by atoms with Gasteiger partial charge in [0.05, 0.1) is 25.3 Å². The Labute approximate surface area is 148 Å². The number of nitrogens with one attached hydrogen (secondary N) is 2. The zero-order valence-electron chi connectivity index (χ0n) is 14.6. The number of carbonyl (C=O) groups is 2. The minimum Gasteiger partial charge on any atom is -0.382 e. The third-order valence-corrected chi connectivity index (χ3v) is 6.07. The lowest BCUT2D eigenvalue weighted by Crippen LogP contribution is -2.36. The van der Waals surface area contributed by atoms with E-state index in [2.05, 4.69) is 10.6 Å². The van der Waals surface area contributed by atoms with E-state index in [4.69, 9.17) is 9.47 Å². The van der Waals surface area contributed by atoms with E-state index in [9.17, 15) is 9.59 Å². The van der Waals surface area contributed by atoms with Crippen molar-refractivity contribution >= 4 is 23.6 Å². The molecule has 0 aromatic heterocycles. The van der Waals surface area contributed by atoms with Crippen molar-refractivity contribution in [2.75, 3.05) is 32.7 Å². The van der Waals surface area contributed by atoms with Gasteiger partial charge >= 0.3 is 6.03 Å². The molecular weight excluding hydrogens is 328 g/mol. The lowest BCUT2D eigenvalue weighted by Gasteiger charge is -2.16. The molecule has 0 aromatic carbocycles. The fraction of sp³-hybridized carbons (Fsp3) is 0.882. The van der Waals surface area contributed by atoms with Crippen LogP contribution < -0.4 is 10.6 Å². The number of rotatable bonds is 13. The molecule has 24 heavy (non-hydrogen) atoms. The van der Waals surface area contributed by atoms with Crippen LogP contribution in [0.1, 0.15) is 44.9 Å². The van der Waals surface area contributed by atoms with E-state index in [1.807, 2.05) is 11.8 Å². The number of ether oxygens (including phenoxy) is 2. The molecule has 6 nitrogen and oxygen atoms in total. The van der Waals surface area contributed by atoms with Crippen LogP contribution in [-0.4, -0.2) is 61.8 Å². The van der Waals surface area contributed by atoms with Gasteiger partial charge in [-0.3, -0.25) is 4.79 Å². The number of carbonyl (C=O) groups excluding carboxylic acids is 2. The van der Waals surface area contributed by atoms with Crippen LogP contribution in [0.3, 0.4) is 0 Å². The predicted molar refractivity (Wildman–Crippen MR) is 95.5 cm³/mol. The van der Waals surface area contributed by atoms with Gasteiger partial charge in [-0.1, -0.05) is 6.42 Å². The number of amides is 2. The highest BCUT2D eigenvalue weighted by Crippen LogP contribution is 2.33. The molecule has 0 bridgehead atoms. The summed E-state index contributed by atoms with van der Waals surface area (Å²) in [6.45, 7) is 1.96. The van der Waals surface area contributed by atoms with Crippen molar-refractivity contribution in [3.8, 4) is 0 Å². The third-order valence-electron chi connectivity index (χ3n) is 4.56. The monoisotopic (exact) mass is 358 g/mol. The summed E-state index contributed by atoms with van der Waals surface area (Å²) in [4.78, 5) is 23.2. The highest BCUT2D eigenvalue weighted by molar-refractivity contribution is 8.00. The number of methoxy groups -OCH3 is 1. The molecule has 3 atom stereocenters. The largest absolute Gasteiger partial charge is 0.382 e. The van der Waals surface area contributed by atoms with E-state index in [1.54, 1.807) is 7.11 Å². The minimum absolute atomic E-state index is 0.0309. The summed E-state index contributed by atoms with van der Waals surface area (Å²) in [5.74, 6) is 1.36. The maximum Gasteiger partial charge on any atom is 0.315 e. The number of ketones is 1. The van der Waals surface area contributed by atoms with Crippen molar-refractivity contribution in [3.63, 3.8) is 0 Å². The van der Waals surface area contributed by atoms with E-state index >= 15 is 0 Å². The number of thioether (sulfide) groups is 1. The molecule has 0 aromatic rings. The Morgan fingerprint density at radius 3 is 2.71 bits per heavy atom. The van der Waals surface area contributed by atoms with E-state index in [1.165, 1.54) is 0 Å². The zero-order valence-corrected chi connectivity index (χ0v) is 15.4. The molecule has 2 aliphatic heterocycles. The molecular formula is C17H30N2O4S. The standard InChI is InChI=1S/C17H30N2O4S/c1-22-10-11-23-9-5-4-7-13(20)6-2-3-8-15-16-14(12-24-15)18-17(21)19-16/h14-16H,2-12H2,1H3,(H2,18,19,21)/t14-,15-,16-/m0/s1. The topological polar surface area (TPSA) is 76.7 Å². The fourth-order valence-corrected chi connectivity index (χ4v) is 4.75. The molecule has 0 saturated carbocycles. The number of hydrogen-bond donors (Lipinski definition) is 2. The average molecular weight is 359 g/mol. The average Bonchev–Trinajstić information content (AvgIpc) is 3.10. The van der Waals surface area contributed by atoms with E-state index < -0.39 is 0 Å². The SMILES string of the molecule is COCCOCCCCC(=O)CCCC[C@@H]1SC[C@@H]2NC(=O)N[C@@H]21. The zero-order chi connectivity index (χ0) is 17.2. The maximum atomic E-state index is 11.9. The first-order chi connectivity index (χ1) is 11.7. The highest BCUT2D eigenvalue weighted by atomic mass is 32.2. The van der Waals surface area contributed by atoms with E-state index in [-0.39, 0.29) is 12.1 Å². The first-order valence-corrected chi connectivity index (χ1v) is 10.0. The number of hydrogen-bond acceptors (Lipinski definition) is 5. The molecule has 2 N–H and O–H groups in total. The molecule has 2 rings (SSSR count). The van der Waals surface area contributed by atoms with Crippen LogP contribution in [0.2, 0.25) is 0 Å². The van der Waals surface area contributed by atoms with Gasteiger partial charge in [-0.05, 0) is 25.7 Å². The summed E-state index contributed by atoms with van der Waals surface area (Å²) in [6, 6.07) is 0.535. The van der Waals surface area contributed by atoms with Gasteiger partial charge in [0.1, 0.15) is 5.78 Å². The van der Waals surface area contributed by atoms with Gasteiger partial charge in [-0.25, -0.2) is 4.79 Å². The molecule has 7 heteroatoms. The first-order valence-electron chi connectivity index (χ1n) is 8.97. The molecule has 2 heterocycles. The number of urea groups is 1. The minimum atomic E-state index is -0.0309. The highest BCUT2D eigenvalue weighted by Gasteiger charge is 2.42. The Morgan fingerprint density at radius 1 is 1.12 bits per heavy atom. The second-order valence-corrected chi connectivity index (χ2v) is 7.74. The van der Waals surface area contributed by atoms with E-state index in [0.717, 1.165) is 37.9 Å². The lowest BCUT2D eigenvalue weighted by atomic mass is 10.0. The second kappa shape index (κ2) is 10.9. The Hall–Kier alpha value is -0.790. The van der Waals surface area contributed by atoms with Crippen molar-refractivity contribution in [1.29, 1.82) is 0 Å². The van der Waals surface area contributed by atoms with Gasteiger partial charge in [-0.15, -0.1) is 0 Å². The lowest BCUT2D eigenvalue weighted by molar-refractivity contribution is -0.119. The van der Waals surface area contributed by atoms with Crippen LogP contribution in [0, 0.1) is 0 Å². The maximum absolute atomic E-state index is 11.9. The van der Waals surface area contributed by atoms with Crippen LogP contribution in [0.15, 0.2) is 0 Å².